The number of urea groups is 1. The van der Waals surface area contributed by atoms with Crippen LogP contribution >= 0.6 is 0 Å². The lowest BCUT2D eigenvalue weighted by molar-refractivity contribution is -0.145. The minimum atomic E-state index is -1.68. The van der Waals surface area contributed by atoms with Crippen LogP contribution in [0, 0.1) is 5.92 Å². The van der Waals surface area contributed by atoms with Gasteiger partial charge in [-0.15, -0.1) is 0 Å². The minimum Gasteiger partial charge on any atom is -0.478 e. The minimum absolute atomic E-state index is 0.0230. The van der Waals surface area contributed by atoms with Gasteiger partial charge >= 0.3 is 12.0 Å². The molecule has 1 aliphatic rings. The van der Waals surface area contributed by atoms with Crippen LogP contribution in [0.3, 0.4) is 0 Å². The molecule has 1 saturated heterocycles. The normalized spacial score (nSPS) is 18.0. The maximum absolute atomic E-state index is 12.0. The molecular weight excluding hydrogens is 294 g/mol. The second-order valence-electron chi connectivity index (χ2n) is 4.50. The Morgan fingerprint density at radius 3 is 2.32 bits per heavy atom. The summed E-state index contributed by atoms with van der Waals surface area (Å²) in [7, 11) is 1.14. The van der Waals surface area contributed by atoms with Gasteiger partial charge in [-0.2, -0.15) is 0 Å². The molecule has 1 heterocycles. The van der Waals surface area contributed by atoms with Crippen molar-refractivity contribution in [3.05, 3.63) is 29.8 Å². The number of carbonyl (C=O) groups is 5. The fourth-order valence-corrected chi connectivity index (χ4v) is 1.81. The van der Waals surface area contributed by atoms with E-state index in [1.807, 2.05) is 5.32 Å². The van der Waals surface area contributed by atoms with E-state index in [4.69, 9.17) is 5.11 Å². The molecular formula is C13H11N3O6. The van der Waals surface area contributed by atoms with Crippen molar-refractivity contribution in [3.8, 4) is 0 Å². The quantitative estimate of drug-likeness (QED) is 0.654. The molecule has 0 saturated carbocycles. The van der Waals surface area contributed by atoms with E-state index in [-0.39, 0.29) is 11.3 Å². The van der Waals surface area contributed by atoms with Gasteiger partial charge in [0.1, 0.15) is 0 Å². The standard InChI is InChI=1S/C13H11N3O6/c1-16-11(19)8(10(18)15-13(16)22)9(17)14-7-4-2-6(3-5-7)12(20)21/h2-5,8H,1H3,(H,14,17)(H,20,21)(H,15,18,22). The number of hydrogen-bond acceptors (Lipinski definition) is 5. The van der Waals surface area contributed by atoms with Crippen molar-refractivity contribution in [2.45, 2.75) is 0 Å². The maximum atomic E-state index is 12.0. The van der Waals surface area contributed by atoms with E-state index in [1.54, 1.807) is 0 Å². The van der Waals surface area contributed by atoms with Gasteiger partial charge in [0.2, 0.25) is 11.8 Å². The fourth-order valence-electron chi connectivity index (χ4n) is 1.81. The Balaban J connectivity index is 2.14. The number of carbonyl (C=O) groups excluding carboxylic acids is 4. The number of anilines is 1. The van der Waals surface area contributed by atoms with Crippen molar-refractivity contribution in [1.29, 1.82) is 0 Å². The number of carboxylic acid groups (broad SMARTS) is 1. The molecule has 1 aromatic carbocycles. The van der Waals surface area contributed by atoms with E-state index in [1.165, 1.54) is 24.3 Å². The predicted molar refractivity (Wildman–Crippen MR) is 71.8 cm³/mol. The Labute approximate surface area is 123 Å². The summed E-state index contributed by atoms with van der Waals surface area (Å²) in [5.74, 6) is -5.66. The van der Waals surface area contributed by atoms with Gasteiger partial charge in [0.05, 0.1) is 5.56 Å². The van der Waals surface area contributed by atoms with Crippen molar-refractivity contribution in [1.82, 2.24) is 10.2 Å². The molecule has 9 nitrogen and oxygen atoms in total. The molecule has 22 heavy (non-hydrogen) atoms. The summed E-state index contributed by atoms with van der Waals surface area (Å²) in [6.45, 7) is 0. The van der Waals surface area contributed by atoms with Crippen LogP contribution in [0.2, 0.25) is 0 Å². The monoisotopic (exact) mass is 305 g/mol. The van der Waals surface area contributed by atoms with E-state index in [2.05, 4.69) is 5.32 Å². The first kappa shape index (κ1) is 15.2. The summed E-state index contributed by atoms with van der Waals surface area (Å²) in [5, 5.41) is 13.0. The zero-order valence-electron chi connectivity index (χ0n) is 11.3. The van der Waals surface area contributed by atoms with Crippen molar-refractivity contribution >= 4 is 35.4 Å². The van der Waals surface area contributed by atoms with Crippen molar-refractivity contribution in [3.63, 3.8) is 0 Å². The highest BCUT2D eigenvalue weighted by atomic mass is 16.4. The number of amides is 5. The summed E-state index contributed by atoms with van der Waals surface area (Å²) in [4.78, 5) is 58.0. The zero-order valence-corrected chi connectivity index (χ0v) is 11.3. The molecule has 0 aromatic heterocycles. The molecule has 114 valence electrons. The van der Waals surface area contributed by atoms with Gasteiger partial charge < -0.3 is 10.4 Å². The molecule has 1 aliphatic heterocycles. The maximum Gasteiger partial charge on any atom is 0.335 e. The predicted octanol–water partition coefficient (Wildman–Crippen LogP) is -0.352. The summed E-state index contributed by atoms with van der Waals surface area (Å²) in [6.07, 6.45) is 0. The molecule has 1 unspecified atom stereocenters. The summed E-state index contributed by atoms with van der Waals surface area (Å²) in [5.41, 5.74) is 0.241. The topological polar surface area (TPSA) is 133 Å². The number of nitrogens with one attached hydrogen (secondary N) is 2. The summed E-state index contributed by atoms with van der Waals surface area (Å²) in [6, 6.07) is 4.26. The Morgan fingerprint density at radius 1 is 1.18 bits per heavy atom. The van der Waals surface area contributed by atoms with Crippen LogP contribution in [0.4, 0.5) is 10.5 Å². The molecule has 0 bridgehead atoms. The highest BCUT2D eigenvalue weighted by molar-refractivity contribution is 6.28. The number of rotatable bonds is 3. The van der Waals surface area contributed by atoms with Crippen LogP contribution in [0.5, 0.6) is 0 Å². The molecule has 9 heteroatoms. The van der Waals surface area contributed by atoms with Gasteiger partial charge in [0.15, 0.2) is 5.92 Å². The first-order valence-corrected chi connectivity index (χ1v) is 6.08. The Kier molecular flexibility index (Phi) is 3.89. The second-order valence-corrected chi connectivity index (χ2v) is 4.50. The van der Waals surface area contributed by atoms with Gasteiger partial charge in [0.25, 0.3) is 5.91 Å². The number of barbiturate groups is 1. The van der Waals surface area contributed by atoms with E-state index in [9.17, 15) is 24.0 Å². The number of carboxylic acids is 1. The van der Waals surface area contributed by atoms with Crippen LogP contribution < -0.4 is 10.6 Å². The zero-order chi connectivity index (χ0) is 16.4. The Morgan fingerprint density at radius 2 is 1.77 bits per heavy atom. The molecule has 2 rings (SSSR count). The lowest BCUT2D eigenvalue weighted by atomic mass is 10.0. The van der Waals surface area contributed by atoms with Crippen LogP contribution in [-0.2, 0) is 14.4 Å². The van der Waals surface area contributed by atoms with Crippen molar-refractivity contribution < 1.29 is 29.1 Å². The molecule has 5 amide bonds. The third kappa shape index (κ3) is 2.77. The van der Waals surface area contributed by atoms with E-state index >= 15 is 0 Å². The van der Waals surface area contributed by atoms with Crippen LogP contribution in [0.25, 0.3) is 0 Å². The largest absolute Gasteiger partial charge is 0.478 e. The number of aromatic carboxylic acids is 1. The highest BCUT2D eigenvalue weighted by Gasteiger charge is 2.43. The first-order chi connectivity index (χ1) is 10.3. The SMILES string of the molecule is CN1C(=O)NC(=O)C(C(=O)Nc2ccc(C(=O)O)cc2)C1=O. The number of benzene rings is 1. The third-order valence-corrected chi connectivity index (χ3v) is 3.04. The highest BCUT2D eigenvalue weighted by Crippen LogP contribution is 2.14. The van der Waals surface area contributed by atoms with Crippen molar-refractivity contribution in [2.75, 3.05) is 12.4 Å². The van der Waals surface area contributed by atoms with Gasteiger partial charge in [-0.05, 0) is 24.3 Å². The third-order valence-electron chi connectivity index (χ3n) is 3.04. The van der Waals surface area contributed by atoms with Crippen LogP contribution in [0.15, 0.2) is 24.3 Å². The first-order valence-electron chi connectivity index (χ1n) is 6.08. The average Bonchev–Trinajstić information content (AvgIpc) is 2.45. The number of imide groups is 2. The molecule has 0 aliphatic carbocycles. The van der Waals surface area contributed by atoms with Crippen LogP contribution in [0.1, 0.15) is 10.4 Å². The number of hydrogen-bond donors (Lipinski definition) is 3. The van der Waals surface area contributed by atoms with Crippen LogP contribution in [-0.4, -0.2) is 46.8 Å². The molecule has 1 atom stereocenters. The Hall–Kier alpha value is -3.23. The lowest BCUT2D eigenvalue weighted by Gasteiger charge is -2.26. The molecule has 3 N–H and O–H groups in total. The smallest absolute Gasteiger partial charge is 0.335 e. The van der Waals surface area contributed by atoms with Gasteiger partial charge in [0, 0.05) is 12.7 Å². The van der Waals surface area contributed by atoms with Gasteiger partial charge in [-0.1, -0.05) is 0 Å². The van der Waals surface area contributed by atoms with Gasteiger partial charge in [-0.25, -0.2) is 9.59 Å². The van der Waals surface area contributed by atoms with Crippen molar-refractivity contribution in [2.24, 2.45) is 5.92 Å². The fraction of sp³-hybridized carbons (Fsp3) is 0.154. The lowest BCUT2D eigenvalue weighted by Crippen LogP contribution is -2.59. The van der Waals surface area contributed by atoms with E-state index in [0.29, 0.717) is 4.90 Å². The average molecular weight is 305 g/mol. The van der Waals surface area contributed by atoms with Gasteiger partial charge in [-0.3, -0.25) is 24.6 Å². The Bertz CT molecular complexity index is 682. The number of nitrogens with zero attached hydrogens (tertiary/aromatic N) is 1. The van der Waals surface area contributed by atoms with E-state index in [0.717, 1.165) is 7.05 Å². The second kappa shape index (κ2) is 5.64. The summed E-state index contributed by atoms with van der Waals surface area (Å²) < 4.78 is 0. The molecule has 1 fully saturated rings. The molecule has 1 aromatic rings. The van der Waals surface area contributed by atoms with E-state index < -0.39 is 35.6 Å². The molecule has 0 radical (unpaired) electrons. The molecule has 0 spiro atoms. The summed E-state index contributed by atoms with van der Waals surface area (Å²) >= 11 is 0.